The molecule has 1 aliphatic carbocycles. The number of nitrogens with two attached hydrogens (primary N) is 1. The standard InChI is InChI=1S/C13H22N2S/c1-15(9-4-12-3-2-10-16-12)11-13(5-6-13)7-8-14/h2-3,10H,4-9,11,14H2,1H3. The Labute approximate surface area is 102 Å². The predicted octanol–water partition coefficient (Wildman–Crippen LogP) is 2.35. The summed E-state index contributed by atoms with van der Waals surface area (Å²) in [5.41, 5.74) is 6.25. The molecule has 0 amide bonds. The van der Waals surface area contributed by atoms with Gasteiger partial charge in [-0.25, -0.2) is 0 Å². The van der Waals surface area contributed by atoms with Crippen LogP contribution in [0.1, 0.15) is 24.1 Å². The molecule has 2 nitrogen and oxygen atoms in total. The maximum absolute atomic E-state index is 5.66. The van der Waals surface area contributed by atoms with E-state index in [1.807, 2.05) is 11.3 Å². The lowest BCUT2D eigenvalue weighted by molar-refractivity contribution is 0.258. The minimum Gasteiger partial charge on any atom is -0.330 e. The monoisotopic (exact) mass is 238 g/mol. The molecule has 2 N–H and O–H groups in total. The molecule has 0 spiro atoms. The summed E-state index contributed by atoms with van der Waals surface area (Å²) < 4.78 is 0. The molecule has 0 atom stereocenters. The second-order valence-corrected chi connectivity index (χ2v) is 6.14. The highest BCUT2D eigenvalue weighted by atomic mass is 32.1. The van der Waals surface area contributed by atoms with E-state index >= 15 is 0 Å². The van der Waals surface area contributed by atoms with Crippen molar-refractivity contribution < 1.29 is 0 Å². The number of rotatable bonds is 7. The highest BCUT2D eigenvalue weighted by Gasteiger charge is 2.42. The third kappa shape index (κ3) is 3.30. The molecule has 1 aromatic rings. The van der Waals surface area contributed by atoms with E-state index in [4.69, 9.17) is 5.73 Å². The summed E-state index contributed by atoms with van der Waals surface area (Å²) >= 11 is 1.86. The first-order valence-electron chi connectivity index (χ1n) is 6.15. The lowest BCUT2D eigenvalue weighted by atomic mass is 10.0. The Morgan fingerprint density at radius 3 is 2.88 bits per heavy atom. The fourth-order valence-electron chi connectivity index (χ4n) is 2.38. The Hall–Kier alpha value is -0.380. The Kier molecular flexibility index (Phi) is 4.00. The Balaban J connectivity index is 1.70. The zero-order valence-corrected chi connectivity index (χ0v) is 10.9. The molecule has 1 aliphatic rings. The van der Waals surface area contributed by atoms with Crippen LogP contribution < -0.4 is 5.73 Å². The Bertz CT molecular complexity index is 304. The first kappa shape index (κ1) is 12.1. The van der Waals surface area contributed by atoms with Gasteiger partial charge in [0.05, 0.1) is 0 Å². The van der Waals surface area contributed by atoms with E-state index in [0.717, 1.165) is 6.54 Å². The number of thiophene rings is 1. The molecule has 0 aromatic carbocycles. The molecule has 1 heterocycles. The van der Waals surface area contributed by atoms with Gasteiger partial charge in [0.1, 0.15) is 0 Å². The van der Waals surface area contributed by atoms with Crippen LogP contribution in [0.25, 0.3) is 0 Å². The van der Waals surface area contributed by atoms with Gasteiger partial charge < -0.3 is 10.6 Å². The smallest absolute Gasteiger partial charge is 0.00579 e. The first-order valence-corrected chi connectivity index (χ1v) is 7.03. The van der Waals surface area contributed by atoms with Crippen molar-refractivity contribution in [3.63, 3.8) is 0 Å². The van der Waals surface area contributed by atoms with Crippen molar-refractivity contribution in [2.45, 2.75) is 25.7 Å². The molecule has 3 heteroatoms. The van der Waals surface area contributed by atoms with Crippen molar-refractivity contribution in [2.75, 3.05) is 26.7 Å². The number of likely N-dealkylation sites (N-methyl/N-ethyl adjacent to an activating group) is 1. The summed E-state index contributed by atoms with van der Waals surface area (Å²) in [6.45, 7) is 3.25. The van der Waals surface area contributed by atoms with Gasteiger partial charge in [-0.3, -0.25) is 0 Å². The Morgan fingerprint density at radius 2 is 2.31 bits per heavy atom. The van der Waals surface area contributed by atoms with Crippen LogP contribution in [0, 0.1) is 5.41 Å². The van der Waals surface area contributed by atoms with E-state index in [1.165, 1.54) is 43.6 Å². The van der Waals surface area contributed by atoms with Crippen LogP contribution >= 0.6 is 11.3 Å². The number of nitrogens with zero attached hydrogens (tertiary/aromatic N) is 1. The van der Waals surface area contributed by atoms with Crippen LogP contribution in [0.5, 0.6) is 0 Å². The topological polar surface area (TPSA) is 29.3 Å². The number of hydrogen-bond acceptors (Lipinski definition) is 3. The average Bonchev–Trinajstić information content (AvgIpc) is 2.82. The van der Waals surface area contributed by atoms with Crippen molar-refractivity contribution in [3.8, 4) is 0 Å². The molecule has 0 bridgehead atoms. The highest BCUT2D eigenvalue weighted by molar-refractivity contribution is 7.09. The third-order valence-electron chi connectivity index (χ3n) is 3.56. The molecule has 16 heavy (non-hydrogen) atoms. The van der Waals surface area contributed by atoms with Crippen LogP contribution in [0.2, 0.25) is 0 Å². The fourth-order valence-corrected chi connectivity index (χ4v) is 3.08. The second-order valence-electron chi connectivity index (χ2n) is 5.11. The van der Waals surface area contributed by atoms with Crippen LogP contribution in [0.15, 0.2) is 17.5 Å². The lowest BCUT2D eigenvalue weighted by Gasteiger charge is -2.23. The third-order valence-corrected chi connectivity index (χ3v) is 4.49. The van der Waals surface area contributed by atoms with Crippen molar-refractivity contribution in [3.05, 3.63) is 22.4 Å². The molecule has 0 radical (unpaired) electrons. The van der Waals surface area contributed by atoms with Crippen molar-refractivity contribution in [1.29, 1.82) is 0 Å². The van der Waals surface area contributed by atoms with Gasteiger partial charge in [-0.05, 0) is 56.1 Å². The molecule has 90 valence electrons. The summed E-state index contributed by atoms with van der Waals surface area (Å²) in [6, 6.07) is 4.36. The maximum Gasteiger partial charge on any atom is 0.00579 e. The summed E-state index contributed by atoms with van der Waals surface area (Å²) in [6.07, 6.45) is 5.16. The first-order chi connectivity index (χ1) is 7.74. The summed E-state index contributed by atoms with van der Waals surface area (Å²) in [4.78, 5) is 3.97. The second kappa shape index (κ2) is 5.30. The van der Waals surface area contributed by atoms with Crippen molar-refractivity contribution >= 4 is 11.3 Å². The maximum atomic E-state index is 5.66. The summed E-state index contributed by atoms with van der Waals surface area (Å²) in [5, 5.41) is 2.16. The van der Waals surface area contributed by atoms with Gasteiger partial charge in [-0.15, -0.1) is 11.3 Å². The number of hydrogen-bond donors (Lipinski definition) is 1. The molecule has 0 aliphatic heterocycles. The van der Waals surface area contributed by atoms with Gasteiger partial charge in [-0.1, -0.05) is 6.07 Å². The quantitative estimate of drug-likeness (QED) is 0.790. The molecule has 1 aromatic heterocycles. The van der Waals surface area contributed by atoms with Gasteiger partial charge in [0.2, 0.25) is 0 Å². The van der Waals surface area contributed by atoms with Crippen LogP contribution in [-0.2, 0) is 6.42 Å². The molecule has 1 saturated carbocycles. The highest BCUT2D eigenvalue weighted by Crippen LogP contribution is 2.48. The Morgan fingerprint density at radius 1 is 1.50 bits per heavy atom. The minimum atomic E-state index is 0.582. The predicted molar refractivity (Wildman–Crippen MR) is 70.9 cm³/mol. The average molecular weight is 238 g/mol. The SMILES string of the molecule is CN(CCc1cccs1)CC1(CCN)CC1. The van der Waals surface area contributed by atoms with Gasteiger partial charge in [0.25, 0.3) is 0 Å². The lowest BCUT2D eigenvalue weighted by Crippen LogP contribution is -2.29. The molecule has 2 rings (SSSR count). The van der Waals surface area contributed by atoms with Gasteiger partial charge >= 0.3 is 0 Å². The van der Waals surface area contributed by atoms with Gasteiger partial charge in [0, 0.05) is 18.0 Å². The van der Waals surface area contributed by atoms with E-state index in [1.54, 1.807) is 0 Å². The molecular formula is C13H22N2S. The van der Waals surface area contributed by atoms with Crippen molar-refractivity contribution in [1.82, 2.24) is 4.90 Å². The van der Waals surface area contributed by atoms with E-state index < -0.39 is 0 Å². The van der Waals surface area contributed by atoms with Crippen LogP contribution in [0.3, 0.4) is 0 Å². The van der Waals surface area contributed by atoms with E-state index in [2.05, 4.69) is 29.5 Å². The minimum absolute atomic E-state index is 0.582. The molecule has 0 saturated heterocycles. The van der Waals surface area contributed by atoms with Gasteiger partial charge in [-0.2, -0.15) is 0 Å². The summed E-state index contributed by atoms with van der Waals surface area (Å²) in [5.74, 6) is 0. The largest absolute Gasteiger partial charge is 0.330 e. The zero-order valence-electron chi connectivity index (χ0n) is 10.1. The fraction of sp³-hybridized carbons (Fsp3) is 0.692. The normalized spacial score (nSPS) is 17.9. The molecule has 1 fully saturated rings. The van der Waals surface area contributed by atoms with Crippen LogP contribution in [0.4, 0.5) is 0 Å². The van der Waals surface area contributed by atoms with E-state index in [-0.39, 0.29) is 0 Å². The van der Waals surface area contributed by atoms with Crippen LogP contribution in [-0.4, -0.2) is 31.6 Å². The van der Waals surface area contributed by atoms with Crippen molar-refractivity contribution in [2.24, 2.45) is 11.1 Å². The zero-order chi connectivity index (χ0) is 11.4. The van der Waals surface area contributed by atoms with E-state index in [0.29, 0.717) is 5.41 Å². The van der Waals surface area contributed by atoms with Gasteiger partial charge in [0.15, 0.2) is 0 Å². The van der Waals surface area contributed by atoms with E-state index in [9.17, 15) is 0 Å². The summed E-state index contributed by atoms with van der Waals surface area (Å²) in [7, 11) is 2.24. The molecular weight excluding hydrogens is 216 g/mol. The molecule has 0 unspecified atom stereocenters.